The molecule has 5 heteroatoms. The minimum atomic E-state index is -1.94. The van der Waals surface area contributed by atoms with Gasteiger partial charge in [0.2, 0.25) is 10.5 Å². The zero-order chi connectivity index (χ0) is 8.10. The quantitative estimate of drug-likeness (QED) is 0.523. The van der Waals surface area contributed by atoms with E-state index in [1.807, 2.05) is 18.2 Å². The largest absolute Gasteiger partial charge is 0.736 e. The molecule has 0 amide bonds. The van der Waals surface area contributed by atoms with E-state index in [1.165, 1.54) is 0 Å². The Labute approximate surface area is 68.8 Å². The summed E-state index contributed by atoms with van der Waals surface area (Å²) in [6.07, 6.45) is 0. The van der Waals surface area contributed by atoms with E-state index >= 15 is 0 Å². The summed E-state index contributed by atoms with van der Waals surface area (Å²) in [4.78, 5) is 0. The third-order valence-corrected chi connectivity index (χ3v) is 2.62. The molecule has 0 aliphatic heterocycles. The van der Waals surface area contributed by atoms with Crippen LogP contribution in [-0.2, 0) is 8.78 Å². The smallest absolute Gasteiger partial charge is 0.230 e. The van der Waals surface area contributed by atoms with Gasteiger partial charge >= 0.3 is 8.25 Å². The molecule has 0 aliphatic rings. The van der Waals surface area contributed by atoms with E-state index in [0.29, 0.717) is 16.2 Å². The van der Waals surface area contributed by atoms with Crippen LogP contribution in [0, 0.1) is 0 Å². The number of para-hydroxylation sites is 1. The third kappa shape index (κ3) is 2.80. The summed E-state index contributed by atoms with van der Waals surface area (Å²) in [5.41, 5.74) is 0. The zero-order valence-corrected chi connectivity index (χ0v) is 8.95. The first kappa shape index (κ1) is 8.39. The first-order chi connectivity index (χ1) is 5.33. The second-order valence-corrected chi connectivity index (χ2v) is 3.90. The number of benzene rings is 1. The van der Waals surface area contributed by atoms with E-state index in [-0.39, 0.29) is 0 Å². The molecule has 0 N–H and O–H groups in total. The van der Waals surface area contributed by atoms with Crippen LogP contribution in [0.2, 0.25) is 0 Å². The van der Waals surface area contributed by atoms with E-state index < -0.39 is 8.25 Å². The monoisotopic (exact) mass is 187 g/mol. The lowest BCUT2D eigenvalue weighted by Crippen LogP contribution is -1.81. The Morgan fingerprint density at radius 3 is 2.45 bits per heavy atom. The molecule has 1 aromatic rings. The van der Waals surface area contributed by atoms with Crippen molar-refractivity contribution in [2.45, 2.75) is 0 Å². The fraction of sp³-hybridized carbons (Fsp3) is 0. The van der Waals surface area contributed by atoms with Crippen molar-refractivity contribution in [3.63, 3.8) is 0 Å². The molecule has 0 heterocycles. The molecular formula is C6H8O3PSi+. The van der Waals surface area contributed by atoms with Crippen LogP contribution in [0.25, 0.3) is 0 Å². The highest BCUT2D eigenvalue weighted by atomic mass is 31.1. The maximum Gasteiger partial charge on any atom is 0.736 e. The Morgan fingerprint density at radius 1 is 1.27 bits per heavy atom. The van der Waals surface area contributed by atoms with Crippen molar-refractivity contribution in [2.24, 2.45) is 0 Å². The van der Waals surface area contributed by atoms with Crippen LogP contribution < -0.4 is 4.52 Å². The fourth-order valence-electron chi connectivity index (χ4n) is 0.605. The second-order valence-electron chi connectivity index (χ2n) is 1.81. The van der Waals surface area contributed by atoms with Crippen LogP contribution in [0.3, 0.4) is 0 Å². The predicted octanol–water partition coefficient (Wildman–Crippen LogP) is 1.02. The SMILES string of the molecule is O=[P+](O[SiH3])Oc1ccccc1. The summed E-state index contributed by atoms with van der Waals surface area (Å²) in [5.74, 6) is 0.574. The topological polar surface area (TPSA) is 35.5 Å². The van der Waals surface area contributed by atoms with Crippen LogP contribution in [0.15, 0.2) is 30.3 Å². The normalized spacial score (nSPS) is 11.1. The van der Waals surface area contributed by atoms with Crippen molar-refractivity contribution in [1.29, 1.82) is 0 Å². The molecule has 1 rings (SSSR count). The van der Waals surface area contributed by atoms with Crippen LogP contribution >= 0.6 is 8.25 Å². The Kier molecular flexibility index (Phi) is 3.23. The first-order valence-corrected chi connectivity index (χ1v) is 4.98. The number of hydrogen-bond acceptors (Lipinski definition) is 3. The molecule has 0 radical (unpaired) electrons. The van der Waals surface area contributed by atoms with Crippen LogP contribution in [0.1, 0.15) is 0 Å². The lowest BCUT2D eigenvalue weighted by atomic mass is 10.3. The predicted molar refractivity (Wildman–Crippen MR) is 45.7 cm³/mol. The molecule has 0 saturated carbocycles. The zero-order valence-electron chi connectivity index (χ0n) is 6.06. The van der Waals surface area contributed by atoms with Crippen molar-refractivity contribution in [1.82, 2.24) is 0 Å². The van der Waals surface area contributed by atoms with Gasteiger partial charge in [0.15, 0.2) is 5.75 Å². The van der Waals surface area contributed by atoms with Gasteiger partial charge in [-0.15, -0.1) is 0 Å². The van der Waals surface area contributed by atoms with Crippen molar-refractivity contribution in [3.8, 4) is 5.75 Å². The van der Waals surface area contributed by atoms with E-state index in [4.69, 9.17) is 4.52 Å². The standard InChI is InChI=1S/C6H8O3PSi/c7-10(9-11)8-6-4-2-1-3-5-6/h1-5H,11H3/q+1. The van der Waals surface area contributed by atoms with Gasteiger partial charge < -0.3 is 0 Å². The lowest BCUT2D eigenvalue weighted by Gasteiger charge is -1.88. The molecule has 0 aliphatic carbocycles. The van der Waals surface area contributed by atoms with Gasteiger partial charge in [0.05, 0.1) is 0 Å². The molecule has 0 spiro atoms. The number of rotatable bonds is 3. The van der Waals surface area contributed by atoms with Crippen molar-refractivity contribution >= 4 is 18.7 Å². The molecule has 11 heavy (non-hydrogen) atoms. The molecule has 3 nitrogen and oxygen atoms in total. The molecule has 1 unspecified atom stereocenters. The highest BCUT2D eigenvalue weighted by Crippen LogP contribution is 2.25. The molecule has 0 bridgehead atoms. The highest BCUT2D eigenvalue weighted by Gasteiger charge is 2.16. The first-order valence-electron chi connectivity index (χ1n) is 3.07. The van der Waals surface area contributed by atoms with Gasteiger partial charge in [-0.05, 0) is 12.1 Å². The maximum absolute atomic E-state index is 10.7. The second kappa shape index (κ2) is 4.23. The third-order valence-electron chi connectivity index (χ3n) is 1.07. The van der Waals surface area contributed by atoms with Crippen LogP contribution in [0.4, 0.5) is 0 Å². The van der Waals surface area contributed by atoms with E-state index in [9.17, 15) is 4.57 Å². The Bertz CT molecular complexity index is 239. The summed E-state index contributed by atoms with van der Waals surface area (Å²) in [7, 11) is -1.52. The molecule has 1 aromatic carbocycles. The summed E-state index contributed by atoms with van der Waals surface area (Å²) < 4.78 is 20.2. The van der Waals surface area contributed by atoms with Crippen LogP contribution in [-0.4, -0.2) is 10.5 Å². The number of hydrogen-bond donors (Lipinski definition) is 0. The Hall–Kier alpha value is -0.703. The Balaban J connectivity index is 2.58. The molecule has 0 saturated heterocycles. The average molecular weight is 187 g/mol. The van der Waals surface area contributed by atoms with Gasteiger partial charge in [-0.3, -0.25) is 0 Å². The highest BCUT2D eigenvalue weighted by molar-refractivity contribution is 7.34. The van der Waals surface area contributed by atoms with Crippen molar-refractivity contribution in [2.75, 3.05) is 0 Å². The minimum absolute atomic E-state index is 0.425. The van der Waals surface area contributed by atoms with E-state index in [2.05, 4.69) is 4.21 Å². The summed E-state index contributed by atoms with van der Waals surface area (Å²) in [6, 6.07) is 8.94. The van der Waals surface area contributed by atoms with E-state index in [0.717, 1.165) is 0 Å². The van der Waals surface area contributed by atoms with Gasteiger partial charge in [-0.1, -0.05) is 18.2 Å². The van der Waals surface area contributed by atoms with Crippen molar-refractivity contribution < 1.29 is 13.3 Å². The van der Waals surface area contributed by atoms with Crippen LogP contribution in [0.5, 0.6) is 5.75 Å². The summed E-state index contributed by atoms with van der Waals surface area (Å²) in [6.45, 7) is 0. The lowest BCUT2D eigenvalue weighted by molar-refractivity contribution is 0.429. The average Bonchev–Trinajstić information content (AvgIpc) is 2.06. The van der Waals surface area contributed by atoms with Gasteiger partial charge in [0.1, 0.15) is 0 Å². The molecule has 58 valence electrons. The van der Waals surface area contributed by atoms with Gasteiger partial charge in [0, 0.05) is 4.57 Å². The fourth-order valence-corrected chi connectivity index (χ4v) is 1.20. The molecular weight excluding hydrogens is 179 g/mol. The van der Waals surface area contributed by atoms with Crippen molar-refractivity contribution in [3.05, 3.63) is 30.3 Å². The molecule has 0 fully saturated rings. The van der Waals surface area contributed by atoms with E-state index in [1.54, 1.807) is 12.1 Å². The van der Waals surface area contributed by atoms with Gasteiger partial charge in [0.25, 0.3) is 0 Å². The van der Waals surface area contributed by atoms with Gasteiger partial charge in [-0.2, -0.15) is 4.21 Å². The van der Waals surface area contributed by atoms with Gasteiger partial charge in [-0.25, -0.2) is 4.52 Å². The maximum atomic E-state index is 10.7. The molecule has 1 atom stereocenters. The molecule has 0 aromatic heterocycles. The summed E-state index contributed by atoms with van der Waals surface area (Å²) >= 11 is 0. The summed E-state index contributed by atoms with van der Waals surface area (Å²) in [5, 5.41) is 0. The Morgan fingerprint density at radius 2 is 1.91 bits per heavy atom. The minimum Gasteiger partial charge on any atom is -0.230 e.